The first-order valence-corrected chi connectivity index (χ1v) is 11.3. The van der Waals surface area contributed by atoms with E-state index >= 15 is 0 Å². The Balaban J connectivity index is 1.38. The Morgan fingerprint density at radius 2 is 1.97 bits per heavy atom. The van der Waals surface area contributed by atoms with E-state index in [0.717, 1.165) is 57.7 Å². The molecule has 1 saturated heterocycles. The maximum Gasteiger partial charge on any atom is 0.225 e. The van der Waals surface area contributed by atoms with Crippen LogP contribution in [0.5, 0.6) is 5.75 Å². The van der Waals surface area contributed by atoms with Crippen LogP contribution in [0.3, 0.4) is 0 Å². The van der Waals surface area contributed by atoms with Gasteiger partial charge in [-0.25, -0.2) is 4.39 Å². The number of guanidine groups is 1. The number of nitrogens with zero attached hydrogens (tertiary/aromatic N) is 3. The first-order valence-electron chi connectivity index (χ1n) is 11.3. The van der Waals surface area contributed by atoms with Crippen LogP contribution in [0.2, 0.25) is 0 Å². The molecule has 0 aromatic heterocycles. The summed E-state index contributed by atoms with van der Waals surface area (Å²) < 4.78 is 19.0. The quantitative estimate of drug-likeness (QED) is 0.511. The van der Waals surface area contributed by atoms with Gasteiger partial charge in [-0.05, 0) is 37.5 Å². The van der Waals surface area contributed by atoms with Crippen molar-refractivity contribution in [1.29, 1.82) is 0 Å². The van der Waals surface area contributed by atoms with E-state index < -0.39 is 0 Å². The molecule has 3 rings (SSSR count). The minimum absolute atomic E-state index is 0.100. The molecule has 1 unspecified atom stereocenters. The summed E-state index contributed by atoms with van der Waals surface area (Å²) in [6.07, 6.45) is 4.53. The summed E-state index contributed by atoms with van der Waals surface area (Å²) in [5.41, 5.74) is 0.823. The van der Waals surface area contributed by atoms with Gasteiger partial charge in [0, 0.05) is 52.2 Å². The third-order valence-corrected chi connectivity index (χ3v) is 6.36. The standard InChI is InChI=1S/C23H36FN5O2/c1-17(19-8-9-21(31-3)20(24)16-19)27-23(25-2)26-10-11-28-12-14-29(15-13-28)22(30)18-6-4-5-7-18/h8-9,16-18H,4-7,10-15H2,1-3H3,(H2,25,26,27). The number of hydrogen-bond acceptors (Lipinski definition) is 4. The van der Waals surface area contributed by atoms with Crippen molar-refractivity contribution in [2.45, 2.75) is 38.6 Å². The van der Waals surface area contributed by atoms with Crippen molar-refractivity contribution < 1.29 is 13.9 Å². The van der Waals surface area contributed by atoms with Crippen LogP contribution >= 0.6 is 0 Å². The normalized spacial score (nSPS) is 19.4. The molecule has 0 radical (unpaired) electrons. The zero-order valence-electron chi connectivity index (χ0n) is 19.0. The molecule has 2 fully saturated rings. The van der Waals surface area contributed by atoms with Gasteiger partial charge >= 0.3 is 0 Å². The first-order chi connectivity index (χ1) is 15.0. The second-order valence-corrected chi connectivity index (χ2v) is 8.41. The van der Waals surface area contributed by atoms with Gasteiger partial charge in [0.05, 0.1) is 13.2 Å². The number of carbonyl (C=O) groups excluding carboxylic acids is 1. The smallest absolute Gasteiger partial charge is 0.225 e. The van der Waals surface area contributed by atoms with E-state index in [2.05, 4.69) is 25.4 Å². The van der Waals surface area contributed by atoms with Gasteiger partial charge in [0.15, 0.2) is 17.5 Å². The Kier molecular flexibility index (Phi) is 8.51. The summed E-state index contributed by atoms with van der Waals surface area (Å²) in [7, 11) is 3.18. The molecule has 1 aliphatic heterocycles. The molecule has 172 valence electrons. The average molecular weight is 434 g/mol. The number of carbonyl (C=O) groups is 1. The van der Waals surface area contributed by atoms with Crippen LogP contribution in [-0.2, 0) is 4.79 Å². The largest absolute Gasteiger partial charge is 0.494 e. The molecule has 1 aromatic rings. The minimum Gasteiger partial charge on any atom is -0.494 e. The number of methoxy groups -OCH3 is 1. The summed E-state index contributed by atoms with van der Waals surface area (Å²) >= 11 is 0. The van der Waals surface area contributed by atoms with E-state index in [1.807, 2.05) is 13.0 Å². The number of aliphatic imine (C=N–C) groups is 1. The molecule has 1 heterocycles. The summed E-state index contributed by atoms with van der Waals surface area (Å²) in [4.78, 5) is 21.3. The number of hydrogen-bond donors (Lipinski definition) is 2. The Morgan fingerprint density at radius 3 is 2.58 bits per heavy atom. The molecule has 1 aromatic carbocycles. The molecule has 31 heavy (non-hydrogen) atoms. The summed E-state index contributed by atoms with van der Waals surface area (Å²) in [6, 6.07) is 4.86. The zero-order chi connectivity index (χ0) is 22.2. The van der Waals surface area contributed by atoms with E-state index in [4.69, 9.17) is 4.74 Å². The van der Waals surface area contributed by atoms with E-state index in [-0.39, 0.29) is 23.5 Å². The van der Waals surface area contributed by atoms with Crippen LogP contribution in [0.4, 0.5) is 4.39 Å². The van der Waals surface area contributed by atoms with E-state index in [1.165, 1.54) is 26.0 Å². The van der Waals surface area contributed by atoms with Gasteiger partial charge in [0.2, 0.25) is 5.91 Å². The van der Waals surface area contributed by atoms with Gasteiger partial charge in [-0.1, -0.05) is 18.9 Å². The predicted molar refractivity (Wildman–Crippen MR) is 121 cm³/mol. The Morgan fingerprint density at radius 1 is 1.26 bits per heavy atom. The van der Waals surface area contributed by atoms with Crippen molar-refractivity contribution >= 4 is 11.9 Å². The monoisotopic (exact) mass is 433 g/mol. The molecular formula is C23H36FN5O2. The maximum atomic E-state index is 14.0. The maximum absolute atomic E-state index is 14.0. The van der Waals surface area contributed by atoms with Crippen molar-refractivity contribution in [1.82, 2.24) is 20.4 Å². The Hall–Kier alpha value is -2.35. The summed E-state index contributed by atoms with van der Waals surface area (Å²) in [5, 5.41) is 6.63. The summed E-state index contributed by atoms with van der Waals surface area (Å²) in [5.74, 6) is 1.18. The zero-order valence-corrected chi connectivity index (χ0v) is 19.0. The number of piperazine rings is 1. The van der Waals surface area contributed by atoms with Crippen molar-refractivity contribution in [2.24, 2.45) is 10.9 Å². The molecule has 0 bridgehead atoms. The molecule has 8 heteroatoms. The SMILES string of the molecule is CN=C(NCCN1CCN(C(=O)C2CCCC2)CC1)NC(C)c1ccc(OC)c(F)c1. The lowest BCUT2D eigenvalue weighted by Crippen LogP contribution is -2.52. The van der Waals surface area contributed by atoms with Crippen LogP contribution in [0, 0.1) is 11.7 Å². The number of nitrogens with one attached hydrogen (secondary N) is 2. The van der Waals surface area contributed by atoms with Crippen molar-refractivity contribution in [3.05, 3.63) is 29.6 Å². The lowest BCUT2D eigenvalue weighted by Gasteiger charge is -2.36. The molecule has 1 saturated carbocycles. The van der Waals surface area contributed by atoms with Crippen molar-refractivity contribution in [2.75, 3.05) is 53.4 Å². The highest BCUT2D eigenvalue weighted by molar-refractivity contribution is 5.80. The van der Waals surface area contributed by atoms with Gasteiger partial charge in [0.25, 0.3) is 0 Å². The minimum atomic E-state index is -0.373. The lowest BCUT2D eigenvalue weighted by atomic mass is 10.1. The highest BCUT2D eigenvalue weighted by atomic mass is 19.1. The van der Waals surface area contributed by atoms with Crippen LogP contribution in [0.15, 0.2) is 23.2 Å². The molecule has 1 atom stereocenters. The topological polar surface area (TPSA) is 69.2 Å². The fraction of sp³-hybridized carbons (Fsp3) is 0.652. The molecule has 0 spiro atoms. The molecular weight excluding hydrogens is 397 g/mol. The number of rotatable bonds is 7. The van der Waals surface area contributed by atoms with E-state index in [0.29, 0.717) is 11.9 Å². The Bertz CT molecular complexity index is 758. The molecule has 2 aliphatic rings. The van der Waals surface area contributed by atoms with Gasteiger partial charge in [-0.2, -0.15) is 0 Å². The van der Waals surface area contributed by atoms with Crippen LogP contribution in [0.25, 0.3) is 0 Å². The van der Waals surface area contributed by atoms with Gasteiger partial charge in [0.1, 0.15) is 0 Å². The second kappa shape index (κ2) is 11.3. The van der Waals surface area contributed by atoms with Crippen LogP contribution in [-0.4, -0.2) is 75.1 Å². The molecule has 1 aliphatic carbocycles. The van der Waals surface area contributed by atoms with Gasteiger partial charge < -0.3 is 20.3 Å². The van der Waals surface area contributed by atoms with Crippen LogP contribution in [0.1, 0.15) is 44.2 Å². The van der Waals surface area contributed by atoms with Crippen molar-refractivity contribution in [3.63, 3.8) is 0 Å². The number of ether oxygens (including phenoxy) is 1. The van der Waals surface area contributed by atoms with Gasteiger partial charge in [-0.3, -0.25) is 14.7 Å². The number of benzene rings is 1. The average Bonchev–Trinajstić information content (AvgIpc) is 3.33. The highest BCUT2D eigenvalue weighted by Gasteiger charge is 2.29. The second-order valence-electron chi connectivity index (χ2n) is 8.41. The number of halogens is 1. The van der Waals surface area contributed by atoms with Crippen LogP contribution < -0.4 is 15.4 Å². The van der Waals surface area contributed by atoms with E-state index in [1.54, 1.807) is 13.1 Å². The number of amides is 1. The first kappa shape index (κ1) is 23.3. The highest BCUT2D eigenvalue weighted by Crippen LogP contribution is 2.27. The fourth-order valence-corrected chi connectivity index (χ4v) is 4.39. The fourth-order valence-electron chi connectivity index (χ4n) is 4.39. The third kappa shape index (κ3) is 6.32. The lowest BCUT2D eigenvalue weighted by molar-refractivity contribution is -0.137. The van der Waals surface area contributed by atoms with Gasteiger partial charge in [-0.15, -0.1) is 0 Å². The molecule has 1 amide bonds. The predicted octanol–water partition coefficient (Wildman–Crippen LogP) is 2.39. The van der Waals surface area contributed by atoms with E-state index in [9.17, 15) is 9.18 Å². The third-order valence-electron chi connectivity index (χ3n) is 6.36. The van der Waals surface area contributed by atoms with Crippen molar-refractivity contribution in [3.8, 4) is 5.75 Å². The molecule has 2 N–H and O–H groups in total. The molecule has 7 nitrogen and oxygen atoms in total. The Labute approximate surface area is 185 Å². The summed E-state index contributed by atoms with van der Waals surface area (Å²) in [6.45, 7) is 7.07.